The number of carboxylic acid groups (broad SMARTS) is 1. The number of unbranched alkanes of at least 4 members (excludes halogenated alkanes) is 24. The van der Waals surface area contributed by atoms with Crippen LogP contribution in [0.3, 0.4) is 0 Å². The van der Waals surface area contributed by atoms with Gasteiger partial charge in [-0.1, -0.05) is 214 Å². The van der Waals surface area contributed by atoms with Crippen LogP contribution in [-0.4, -0.2) is 98.1 Å². The van der Waals surface area contributed by atoms with Crippen LogP contribution in [0.2, 0.25) is 0 Å². The third-order valence-electron chi connectivity index (χ3n) is 17.0. The van der Waals surface area contributed by atoms with E-state index in [1.54, 1.807) is 13.8 Å². The van der Waals surface area contributed by atoms with Crippen molar-refractivity contribution >= 4 is 53.4 Å². The zero-order valence-electron chi connectivity index (χ0n) is 62.9. The molecular formula is C80H142O16. The molecule has 0 aromatic heterocycles. The van der Waals surface area contributed by atoms with E-state index < -0.39 is 29.7 Å². The molecule has 0 fully saturated rings. The summed E-state index contributed by atoms with van der Waals surface area (Å²) >= 11 is 0. The predicted octanol–water partition coefficient (Wildman–Crippen LogP) is 20.4. The van der Waals surface area contributed by atoms with Gasteiger partial charge in [-0.2, -0.15) is 0 Å². The standard InChI is InChI=1S/C31H56O6.C27H48O5.C22H38O5/c1-5-9-18-23-35-29(32)22-17-15-13-12-14-16-21-27(8-4)28(31(34)37-25-20-11-7-3)26-30(33)36-24-19-10-6-2;1-5-8-16-20-31-26(29)22-25(27(30)32-21-17-9-6-2)24(7-3)19-15-13-11-10-12-14-18-23(4)28;1-4-6-13-16-27-21(24)17-20(22(25)26)19(5-2)15-12-10-8-7-9-11-14-18(3)23/h16,21,27-28H,5-15,17-20,22-26H2,1-4H3;15,19,24-25H,5-14,16-18,20-22H2,1-4H3;12,15,19-20H,4-11,13-14,16-17H2,1-3H3,(H,25,26)/b21-16+;19-15+;15-12+. The maximum absolute atomic E-state index is 12.9. The first-order valence-corrected chi connectivity index (χ1v) is 38.5. The Morgan fingerprint density at radius 3 is 0.812 bits per heavy atom. The van der Waals surface area contributed by atoms with Crippen LogP contribution in [0.5, 0.6) is 0 Å². The molecule has 0 saturated carbocycles. The summed E-state index contributed by atoms with van der Waals surface area (Å²) in [6.07, 6.45) is 49.3. The highest BCUT2D eigenvalue weighted by Gasteiger charge is 2.32. The fourth-order valence-corrected chi connectivity index (χ4v) is 10.8. The van der Waals surface area contributed by atoms with Gasteiger partial charge in [-0.3, -0.25) is 33.6 Å². The van der Waals surface area contributed by atoms with E-state index in [4.69, 9.17) is 28.4 Å². The van der Waals surface area contributed by atoms with Crippen molar-refractivity contribution in [2.24, 2.45) is 35.5 Å². The van der Waals surface area contributed by atoms with Crippen LogP contribution >= 0.6 is 0 Å². The lowest BCUT2D eigenvalue weighted by molar-refractivity contribution is -0.157. The van der Waals surface area contributed by atoms with Crippen LogP contribution < -0.4 is 0 Å². The number of aliphatic carboxylic acids is 1. The van der Waals surface area contributed by atoms with Crippen molar-refractivity contribution < 1.29 is 76.7 Å². The molecule has 1 N–H and O–H groups in total. The predicted molar refractivity (Wildman–Crippen MR) is 388 cm³/mol. The Labute approximate surface area is 584 Å². The molecule has 16 nitrogen and oxygen atoms in total. The summed E-state index contributed by atoms with van der Waals surface area (Å²) in [4.78, 5) is 108. The number of hydrogen-bond acceptors (Lipinski definition) is 15. The Morgan fingerprint density at radius 1 is 0.292 bits per heavy atom. The van der Waals surface area contributed by atoms with E-state index in [9.17, 15) is 48.3 Å². The second kappa shape index (κ2) is 71.1. The molecule has 0 aliphatic carbocycles. The van der Waals surface area contributed by atoms with Gasteiger partial charge in [0.15, 0.2) is 0 Å². The lowest BCUT2D eigenvalue weighted by Crippen LogP contribution is -2.28. The fraction of sp³-hybridized carbons (Fsp3) is 0.812. The molecular weight excluding hydrogens is 1220 g/mol. The summed E-state index contributed by atoms with van der Waals surface area (Å²) in [6, 6.07) is 0. The lowest BCUT2D eigenvalue weighted by atomic mass is 9.86. The second-order valence-corrected chi connectivity index (χ2v) is 26.0. The monoisotopic (exact) mass is 1360 g/mol. The summed E-state index contributed by atoms with van der Waals surface area (Å²) in [7, 11) is 0. The summed E-state index contributed by atoms with van der Waals surface area (Å²) in [5.74, 6) is -4.14. The Morgan fingerprint density at radius 2 is 0.542 bits per heavy atom. The van der Waals surface area contributed by atoms with Gasteiger partial charge in [0.25, 0.3) is 0 Å². The number of carbonyl (C=O) groups excluding carboxylic acids is 8. The maximum atomic E-state index is 12.9. The van der Waals surface area contributed by atoms with E-state index >= 15 is 0 Å². The number of ether oxygens (including phenoxy) is 6. The minimum absolute atomic E-state index is 0.0328. The summed E-state index contributed by atoms with van der Waals surface area (Å²) < 4.78 is 32.2. The average Bonchev–Trinajstić information content (AvgIpc) is 1.14. The molecule has 0 amide bonds. The first kappa shape index (κ1) is 95.0. The zero-order chi connectivity index (χ0) is 72.1. The van der Waals surface area contributed by atoms with Crippen molar-refractivity contribution in [3.8, 4) is 0 Å². The van der Waals surface area contributed by atoms with Crippen molar-refractivity contribution in [3.63, 3.8) is 0 Å². The van der Waals surface area contributed by atoms with Gasteiger partial charge in [0, 0.05) is 19.3 Å². The summed E-state index contributed by atoms with van der Waals surface area (Å²) in [5.41, 5.74) is 0. The molecule has 0 heterocycles. The summed E-state index contributed by atoms with van der Waals surface area (Å²) in [6.45, 7) is 24.5. The number of allylic oxidation sites excluding steroid dienone is 6. The number of carboxylic acids is 1. The van der Waals surface area contributed by atoms with Crippen LogP contribution in [0.1, 0.15) is 346 Å². The zero-order valence-corrected chi connectivity index (χ0v) is 62.9. The fourth-order valence-electron chi connectivity index (χ4n) is 10.8. The third-order valence-corrected chi connectivity index (χ3v) is 17.0. The smallest absolute Gasteiger partial charge is 0.310 e. The normalized spacial score (nSPS) is 13.1. The Kier molecular flexibility index (Phi) is 70.4. The second-order valence-electron chi connectivity index (χ2n) is 26.0. The molecule has 0 bridgehead atoms. The molecule has 0 aromatic carbocycles. The number of Topliss-reactive ketones (excluding diaryl/α,β-unsaturated/α-hetero) is 2. The molecule has 0 aliphatic rings. The molecule has 16 heteroatoms. The van der Waals surface area contributed by atoms with E-state index in [0.717, 1.165) is 225 Å². The highest BCUT2D eigenvalue weighted by molar-refractivity contribution is 5.82. The number of carbonyl (C=O) groups is 9. The average molecular weight is 1360 g/mol. The van der Waals surface area contributed by atoms with Crippen molar-refractivity contribution in [2.45, 2.75) is 346 Å². The summed E-state index contributed by atoms with van der Waals surface area (Å²) in [5, 5.41) is 9.51. The van der Waals surface area contributed by atoms with Gasteiger partial charge < -0.3 is 43.1 Å². The van der Waals surface area contributed by atoms with Crippen molar-refractivity contribution in [3.05, 3.63) is 36.5 Å². The highest BCUT2D eigenvalue weighted by atomic mass is 16.6. The van der Waals surface area contributed by atoms with Crippen molar-refractivity contribution in [2.75, 3.05) is 39.6 Å². The van der Waals surface area contributed by atoms with E-state index in [0.29, 0.717) is 65.3 Å². The number of hydrogen-bond donors (Lipinski definition) is 1. The van der Waals surface area contributed by atoms with E-state index in [-0.39, 0.29) is 78.4 Å². The molecule has 0 aromatic rings. The molecule has 0 saturated heterocycles. The highest BCUT2D eigenvalue weighted by Crippen LogP contribution is 2.27. The SMILES string of the molecule is CCCCCOC(=O)CC(C(=O)O)C(/C=C/CCCCCCC(C)=O)CC.CCCCCOC(=O)CC(C(=O)OCCCCC)C(/C=C/CCCCCCC(C)=O)CC.CCCCCOC(=O)CCCCCC/C=C/C(CC)C(CC(=O)OCCCCC)C(=O)OCCCCC. The van der Waals surface area contributed by atoms with Gasteiger partial charge in [-0.15, -0.1) is 0 Å². The van der Waals surface area contributed by atoms with Crippen LogP contribution in [0.15, 0.2) is 36.5 Å². The van der Waals surface area contributed by atoms with E-state index in [1.807, 2.05) is 32.9 Å². The van der Waals surface area contributed by atoms with Crippen molar-refractivity contribution in [1.82, 2.24) is 0 Å². The van der Waals surface area contributed by atoms with Gasteiger partial charge in [-0.25, -0.2) is 0 Å². The third kappa shape index (κ3) is 61.2. The molecule has 6 unspecified atom stereocenters. The largest absolute Gasteiger partial charge is 0.481 e. The molecule has 96 heavy (non-hydrogen) atoms. The van der Waals surface area contributed by atoms with Gasteiger partial charge in [0.05, 0.1) is 76.7 Å². The molecule has 6 atom stereocenters. The van der Waals surface area contributed by atoms with Crippen LogP contribution in [0.25, 0.3) is 0 Å². The molecule has 0 spiro atoms. The minimum Gasteiger partial charge on any atom is -0.481 e. The van der Waals surface area contributed by atoms with E-state index in [2.05, 4.69) is 65.8 Å². The minimum atomic E-state index is -0.943. The van der Waals surface area contributed by atoms with Gasteiger partial charge in [0.2, 0.25) is 0 Å². The number of esters is 6. The molecule has 0 rings (SSSR count). The van der Waals surface area contributed by atoms with Gasteiger partial charge in [0.1, 0.15) is 11.6 Å². The van der Waals surface area contributed by atoms with Crippen LogP contribution in [-0.2, 0) is 71.6 Å². The first-order valence-electron chi connectivity index (χ1n) is 38.5. The number of ketones is 2. The van der Waals surface area contributed by atoms with Gasteiger partial charge in [-0.05, 0) is 147 Å². The topological polar surface area (TPSA) is 229 Å². The Balaban J connectivity index is -0.00000137. The molecule has 0 radical (unpaired) electrons. The van der Waals surface area contributed by atoms with Gasteiger partial charge >= 0.3 is 41.8 Å². The Hall–Kier alpha value is -5.15. The van der Waals surface area contributed by atoms with Crippen LogP contribution in [0, 0.1) is 35.5 Å². The Bertz CT molecular complexity index is 2030. The van der Waals surface area contributed by atoms with Crippen molar-refractivity contribution in [1.29, 1.82) is 0 Å². The first-order chi connectivity index (χ1) is 46.4. The van der Waals surface area contributed by atoms with Crippen LogP contribution in [0.4, 0.5) is 0 Å². The quantitative estimate of drug-likeness (QED) is 0.0258. The van der Waals surface area contributed by atoms with E-state index in [1.165, 1.54) is 0 Å². The molecule has 558 valence electrons. The molecule has 0 aliphatic heterocycles. The lowest BCUT2D eigenvalue weighted by Gasteiger charge is -2.22. The number of rotatable bonds is 63. The maximum Gasteiger partial charge on any atom is 0.310 e.